The molecule has 2 fully saturated rings. The van der Waals surface area contributed by atoms with E-state index in [-0.39, 0.29) is 53.2 Å². The highest BCUT2D eigenvalue weighted by molar-refractivity contribution is 5.68. The van der Waals surface area contributed by atoms with Crippen molar-refractivity contribution in [3.63, 3.8) is 0 Å². The predicted molar refractivity (Wildman–Crippen MR) is 203 cm³/mol. The molecule has 0 aromatic carbocycles. The van der Waals surface area contributed by atoms with Crippen LogP contribution in [0.3, 0.4) is 0 Å². The number of rotatable bonds is 16. The fourth-order valence-electron chi connectivity index (χ4n) is 7.65. The van der Waals surface area contributed by atoms with Crippen molar-refractivity contribution in [3.8, 4) is 23.3 Å². The summed E-state index contributed by atoms with van der Waals surface area (Å²) in [6.07, 6.45) is 18.8. The molecule has 0 bridgehead atoms. The Balaban J connectivity index is 0.000000214. The summed E-state index contributed by atoms with van der Waals surface area (Å²) in [6.45, 7) is 11.8. The highest BCUT2D eigenvalue weighted by Crippen LogP contribution is 2.33. The van der Waals surface area contributed by atoms with Gasteiger partial charge in [0.2, 0.25) is 35.1 Å². The zero-order chi connectivity index (χ0) is 40.3. The highest BCUT2D eigenvalue weighted by atomic mass is 16.5. The molecule has 18 heteroatoms. The number of carbonyl (C=O) groups is 2. The first-order chi connectivity index (χ1) is 26.7. The van der Waals surface area contributed by atoms with Gasteiger partial charge in [-0.3, -0.25) is 9.59 Å². The van der Waals surface area contributed by atoms with Crippen molar-refractivity contribution in [3.05, 3.63) is 11.8 Å². The van der Waals surface area contributed by atoms with E-state index in [2.05, 4.69) is 51.2 Å². The summed E-state index contributed by atoms with van der Waals surface area (Å²) in [5.41, 5.74) is -0.636. The molecule has 56 heavy (non-hydrogen) atoms. The van der Waals surface area contributed by atoms with Gasteiger partial charge in [-0.25, -0.2) is 4.68 Å². The van der Waals surface area contributed by atoms with E-state index >= 15 is 0 Å². The molecule has 0 unspecified atom stereocenters. The molecule has 2 aliphatic carbocycles. The lowest BCUT2D eigenvalue weighted by Crippen LogP contribution is -2.24. The average Bonchev–Trinajstić information content (AvgIpc) is 3.98. The summed E-state index contributed by atoms with van der Waals surface area (Å²) in [6, 6.07) is 0. The van der Waals surface area contributed by atoms with Gasteiger partial charge in [-0.1, -0.05) is 100 Å². The number of carboxylic acid groups (broad SMARTS) is 2. The van der Waals surface area contributed by atoms with Crippen molar-refractivity contribution in [2.24, 2.45) is 11.8 Å². The van der Waals surface area contributed by atoms with E-state index < -0.39 is 11.9 Å². The van der Waals surface area contributed by atoms with E-state index in [0.29, 0.717) is 17.6 Å². The highest BCUT2D eigenvalue weighted by Gasteiger charge is 2.29. The van der Waals surface area contributed by atoms with Gasteiger partial charge >= 0.3 is 11.9 Å². The minimum atomic E-state index is -0.862. The number of aliphatic carboxylic acids is 2. The van der Waals surface area contributed by atoms with Gasteiger partial charge in [0.05, 0.1) is 23.9 Å². The first-order valence-electron chi connectivity index (χ1n) is 20.4. The van der Waals surface area contributed by atoms with Gasteiger partial charge in [-0.2, -0.15) is 14.8 Å². The summed E-state index contributed by atoms with van der Waals surface area (Å²) in [5.74, 6) is 1.16. The topological polar surface area (TPSA) is 240 Å². The lowest BCUT2D eigenvalue weighted by Gasteiger charge is -2.21. The van der Waals surface area contributed by atoms with Crippen molar-refractivity contribution >= 4 is 11.9 Å². The Morgan fingerprint density at radius 3 is 1.64 bits per heavy atom. The van der Waals surface area contributed by atoms with Crippen LogP contribution in [0.5, 0.6) is 0 Å². The van der Waals surface area contributed by atoms with Gasteiger partial charge < -0.3 is 19.3 Å². The van der Waals surface area contributed by atoms with Gasteiger partial charge in [0.15, 0.2) is 0 Å². The second-order valence-corrected chi connectivity index (χ2v) is 17.5. The van der Waals surface area contributed by atoms with Crippen LogP contribution in [0.25, 0.3) is 23.3 Å². The first-order valence-corrected chi connectivity index (χ1v) is 20.4. The van der Waals surface area contributed by atoms with E-state index in [0.717, 1.165) is 50.4 Å². The zero-order valence-electron chi connectivity index (χ0n) is 33.9. The van der Waals surface area contributed by atoms with Gasteiger partial charge in [0.25, 0.3) is 0 Å². The number of nitrogens with zero attached hydrogens (tertiary/aromatic N) is 12. The Morgan fingerprint density at radius 1 is 0.679 bits per heavy atom. The smallest absolute Gasteiger partial charge is 0.304 e. The maximum absolute atomic E-state index is 11.3. The third-order valence-electron chi connectivity index (χ3n) is 10.7. The van der Waals surface area contributed by atoms with Crippen LogP contribution in [0.1, 0.15) is 181 Å². The van der Waals surface area contributed by atoms with E-state index in [1.807, 2.05) is 41.5 Å². The van der Waals surface area contributed by atoms with Crippen molar-refractivity contribution in [2.75, 3.05) is 0 Å². The molecule has 4 aromatic heterocycles. The predicted octanol–water partition coefficient (Wildman–Crippen LogP) is 7.57. The molecule has 18 nitrogen and oxygen atoms in total. The van der Waals surface area contributed by atoms with Crippen molar-refractivity contribution < 1.29 is 28.8 Å². The molecular formula is C38H60N12O6. The molecule has 4 heterocycles. The number of hydrogen-bond acceptors (Lipinski definition) is 14. The standard InChI is InChI=1S/2C19H30N6O3/c1-19(2,3)25-22-17(21-24-25)16-20-18(28-23-16)14(12-15(26)27)11-7-10-13-8-5-4-6-9-13;1-19(2,3)25-17(21-23-24-25)16-20-18(28-22-16)14(12-15(26)27)11-7-10-13-8-5-4-6-9-13/h2*13-14H,4-12H2,1-3H3,(H,26,27)/t2*14-/m11/s1. The van der Waals surface area contributed by atoms with Gasteiger partial charge in [-0.15, -0.1) is 15.3 Å². The molecule has 0 amide bonds. The molecule has 0 aliphatic heterocycles. The quantitative estimate of drug-likeness (QED) is 0.111. The largest absolute Gasteiger partial charge is 0.481 e. The van der Waals surface area contributed by atoms with Crippen LogP contribution in [0.2, 0.25) is 0 Å². The lowest BCUT2D eigenvalue weighted by molar-refractivity contribution is -0.138. The summed E-state index contributed by atoms with van der Waals surface area (Å²) >= 11 is 0. The number of hydrogen-bond donors (Lipinski definition) is 2. The maximum atomic E-state index is 11.3. The minimum absolute atomic E-state index is 0.0173. The van der Waals surface area contributed by atoms with Crippen LogP contribution in [-0.4, -0.2) is 82.8 Å². The molecule has 2 aliphatic rings. The maximum Gasteiger partial charge on any atom is 0.304 e. The van der Waals surface area contributed by atoms with Crippen LogP contribution in [0.4, 0.5) is 0 Å². The summed E-state index contributed by atoms with van der Waals surface area (Å²) in [5, 5.41) is 50.6. The van der Waals surface area contributed by atoms with Crippen LogP contribution >= 0.6 is 0 Å². The summed E-state index contributed by atoms with van der Waals surface area (Å²) < 4.78 is 12.4. The molecule has 2 atom stereocenters. The van der Waals surface area contributed by atoms with E-state index in [1.165, 1.54) is 69.0 Å². The third-order valence-corrected chi connectivity index (χ3v) is 10.7. The monoisotopic (exact) mass is 780 g/mol. The van der Waals surface area contributed by atoms with Crippen molar-refractivity contribution in [1.82, 2.24) is 60.7 Å². The Labute approximate surface area is 328 Å². The average molecular weight is 781 g/mol. The van der Waals surface area contributed by atoms with Crippen LogP contribution < -0.4 is 0 Å². The molecule has 0 radical (unpaired) electrons. The molecule has 0 saturated heterocycles. The van der Waals surface area contributed by atoms with Gasteiger partial charge in [0, 0.05) is 11.8 Å². The normalized spacial score (nSPS) is 17.0. The van der Waals surface area contributed by atoms with Crippen LogP contribution in [0, 0.1) is 11.8 Å². The Hall–Kier alpha value is -4.64. The molecule has 2 N–H and O–H groups in total. The van der Waals surface area contributed by atoms with Gasteiger partial charge in [0.1, 0.15) is 0 Å². The zero-order valence-corrected chi connectivity index (χ0v) is 33.9. The van der Waals surface area contributed by atoms with E-state index in [1.54, 1.807) is 4.68 Å². The van der Waals surface area contributed by atoms with Gasteiger partial charge in [-0.05, 0) is 81.9 Å². The molecule has 2 saturated carbocycles. The Bertz CT molecular complexity index is 1810. The molecule has 6 rings (SSSR count). The van der Waals surface area contributed by atoms with E-state index in [9.17, 15) is 19.8 Å². The second kappa shape index (κ2) is 19.5. The first kappa shape index (κ1) is 42.5. The second-order valence-electron chi connectivity index (χ2n) is 17.5. The van der Waals surface area contributed by atoms with Crippen LogP contribution in [-0.2, 0) is 20.7 Å². The number of tetrazole rings is 2. The Kier molecular flexibility index (Phi) is 14.8. The molecule has 308 valence electrons. The fraction of sp³-hybridized carbons (Fsp3) is 0.789. The SMILES string of the molecule is CC(C)(C)n1nnc(-c2noc([C@H](CCCC3CCCCC3)CC(=O)O)n2)n1.CC(C)(C)n1nnnc1-c1noc([C@H](CCCC2CCCCC2)CC(=O)O)n1. The third kappa shape index (κ3) is 12.4. The molecular weight excluding hydrogens is 720 g/mol. The van der Waals surface area contributed by atoms with Crippen molar-refractivity contribution in [1.29, 1.82) is 0 Å². The summed E-state index contributed by atoms with van der Waals surface area (Å²) in [4.78, 5) is 33.0. The number of carboxylic acids is 2. The number of aromatic nitrogens is 12. The molecule has 4 aromatic rings. The fourth-order valence-corrected chi connectivity index (χ4v) is 7.65. The Morgan fingerprint density at radius 2 is 1.18 bits per heavy atom. The van der Waals surface area contributed by atoms with E-state index in [4.69, 9.17) is 9.05 Å². The minimum Gasteiger partial charge on any atom is -0.481 e. The summed E-state index contributed by atoms with van der Waals surface area (Å²) in [7, 11) is 0. The van der Waals surface area contributed by atoms with Crippen molar-refractivity contribution in [2.45, 2.75) is 180 Å². The molecule has 0 spiro atoms. The lowest BCUT2D eigenvalue weighted by atomic mass is 9.84. The van der Waals surface area contributed by atoms with Crippen LogP contribution in [0.15, 0.2) is 9.05 Å².